The van der Waals surface area contributed by atoms with E-state index in [1.807, 2.05) is 0 Å². The van der Waals surface area contributed by atoms with Crippen LogP contribution in [0.25, 0.3) is 0 Å². The van der Waals surface area contributed by atoms with Crippen LogP contribution in [0.3, 0.4) is 0 Å². The Labute approximate surface area is 123 Å². The van der Waals surface area contributed by atoms with Crippen molar-refractivity contribution in [1.82, 2.24) is 0 Å². The second kappa shape index (κ2) is 3.22. The van der Waals surface area contributed by atoms with Gasteiger partial charge in [-0.25, -0.2) is 0 Å². The van der Waals surface area contributed by atoms with Gasteiger partial charge in [-0.05, 0) is 56.1 Å². The van der Waals surface area contributed by atoms with Crippen molar-refractivity contribution in [1.29, 1.82) is 0 Å². The highest BCUT2D eigenvalue weighted by Crippen LogP contribution is 2.64. The van der Waals surface area contributed by atoms with Gasteiger partial charge in [-0.1, -0.05) is 5.57 Å². The molecule has 0 bridgehead atoms. The van der Waals surface area contributed by atoms with E-state index in [4.69, 9.17) is 16.4 Å². The fourth-order valence-corrected chi connectivity index (χ4v) is 2.43. The van der Waals surface area contributed by atoms with E-state index >= 15 is 0 Å². The first-order valence-electron chi connectivity index (χ1n) is 11.3. The fourth-order valence-electron chi connectivity index (χ4n) is 2.43. The Morgan fingerprint density at radius 1 is 1.61 bits per heavy atom. The molecule has 0 radical (unpaired) electrons. The number of allylic oxidation sites excluding steroid dienone is 2. The minimum atomic E-state index is -3.59. The molecular weight excluding hydrogens is 228 g/mol. The van der Waals surface area contributed by atoms with Gasteiger partial charge in [-0.2, -0.15) is 0 Å². The Kier molecular flexibility index (Phi) is 0.792. The predicted molar refractivity (Wildman–Crippen MR) is 67.9 cm³/mol. The van der Waals surface area contributed by atoms with Gasteiger partial charge in [0.25, 0.3) is 0 Å². The van der Waals surface area contributed by atoms with Crippen LogP contribution in [0, 0.1) is 5.41 Å². The average molecular weight is 270 g/mol. The SMILES string of the molecule is [3H]C1=C2C(=O)[C@@](O)(C([3H])([3H])[3H])C3(CC3([3H])[3H])C(C([3H])([3H])[3H])=C2C(CO)=C1C([3H])([3H])[3H]. The number of carbonyl (C=O) groups is 1. The predicted octanol–water partition coefficient (Wildman–Crippen LogP) is 1.67. The van der Waals surface area contributed by atoms with E-state index < -0.39 is 90.7 Å². The molecule has 0 aromatic rings. The molecule has 0 heterocycles. The van der Waals surface area contributed by atoms with Gasteiger partial charge in [0.2, 0.25) is 0 Å². The summed E-state index contributed by atoms with van der Waals surface area (Å²) >= 11 is 0. The normalized spacial score (nSPS) is 53.8. The molecule has 0 aliphatic heterocycles. The molecule has 2 atom stereocenters. The number of carbonyl (C=O) groups excluding carboxylic acids is 1. The molecular formula is C15H18O3. The third-order valence-corrected chi connectivity index (χ3v) is 3.64. The van der Waals surface area contributed by atoms with Gasteiger partial charge in [-0.3, -0.25) is 4.79 Å². The van der Waals surface area contributed by atoms with Crippen LogP contribution in [0.15, 0.2) is 33.9 Å². The molecule has 1 saturated carbocycles. The first-order chi connectivity index (χ1) is 13.2. The van der Waals surface area contributed by atoms with Gasteiger partial charge < -0.3 is 10.2 Å². The van der Waals surface area contributed by atoms with Gasteiger partial charge in [-0.15, -0.1) is 0 Å². The average Bonchev–Trinajstić information content (AvgIpc) is 2.94. The molecule has 1 spiro atoms. The maximum absolute atomic E-state index is 13.3. The largest absolute Gasteiger partial charge is 0.392 e. The van der Waals surface area contributed by atoms with Crippen LogP contribution in [0.2, 0.25) is 0 Å². The van der Waals surface area contributed by atoms with Crippen LogP contribution in [-0.2, 0) is 4.79 Å². The maximum Gasteiger partial charge on any atom is 0.195 e. The Morgan fingerprint density at radius 2 is 2.39 bits per heavy atom. The molecule has 1 fully saturated rings. The first kappa shape index (κ1) is 4.43. The second-order valence-electron chi connectivity index (χ2n) is 4.56. The van der Waals surface area contributed by atoms with Crippen molar-refractivity contribution in [2.45, 2.75) is 39.0 Å². The van der Waals surface area contributed by atoms with Crippen LogP contribution in [0.5, 0.6) is 0 Å². The monoisotopic (exact) mass is 270 g/mol. The molecule has 3 nitrogen and oxygen atoms in total. The van der Waals surface area contributed by atoms with Crippen molar-refractivity contribution in [2.75, 3.05) is 6.61 Å². The lowest BCUT2D eigenvalue weighted by Crippen LogP contribution is -2.49. The molecule has 3 rings (SSSR count). The molecule has 3 aliphatic rings. The van der Waals surface area contributed by atoms with Gasteiger partial charge >= 0.3 is 0 Å². The number of Topliss-reactive ketones (excluding diaryl/α,β-unsaturated/α-hetero) is 1. The third-order valence-electron chi connectivity index (χ3n) is 3.64. The Hall–Kier alpha value is -1.19. The Bertz CT molecular complexity index is 945. The zero-order chi connectivity index (χ0) is 23.5. The van der Waals surface area contributed by atoms with Crippen LogP contribution in [-0.4, -0.2) is 28.2 Å². The number of ketones is 1. The highest BCUT2D eigenvalue weighted by atomic mass is 16.3. The number of fused-ring (bicyclic) bond motifs is 1. The van der Waals surface area contributed by atoms with Gasteiger partial charge in [0.15, 0.2) is 5.78 Å². The van der Waals surface area contributed by atoms with Crippen LogP contribution >= 0.6 is 0 Å². The highest BCUT2D eigenvalue weighted by molar-refractivity contribution is 6.10. The van der Waals surface area contributed by atoms with Crippen molar-refractivity contribution < 1.29 is 31.5 Å². The van der Waals surface area contributed by atoms with Crippen molar-refractivity contribution in [3.8, 4) is 0 Å². The van der Waals surface area contributed by atoms with Gasteiger partial charge in [0.05, 0.1) is 7.98 Å². The minimum absolute atomic E-state index is 0.579. The van der Waals surface area contributed by atoms with Crippen LogP contribution in [0.1, 0.15) is 49.8 Å². The molecule has 3 heteroatoms. The topological polar surface area (TPSA) is 57.5 Å². The summed E-state index contributed by atoms with van der Waals surface area (Å²) in [7, 11) is 0. The summed E-state index contributed by atoms with van der Waals surface area (Å²) in [5, 5.41) is 21.0. The minimum Gasteiger partial charge on any atom is -0.392 e. The standard InChI is InChI=1S/C15H18O3/c1-8-6-10-12(11(8)7-16)9(2)15(4-5-15)14(3,18)13(10)17/h6,16,18H,4-5,7H2,1-3H3/t14-/m0/s1/i1T3,2T3,3T3,4T2,6T/t14-,15?. The van der Waals surface area contributed by atoms with E-state index in [9.17, 15) is 15.0 Å². The number of aliphatic hydroxyl groups excluding tert-OH is 1. The summed E-state index contributed by atoms with van der Waals surface area (Å²) < 4.78 is 94.3. The highest BCUT2D eigenvalue weighted by Gasteiger charge is 2.64. The zero-order valence-electron chi connectivity index (χ0n) is 21.2. The van der Waals surface area contributed by atoms with Gasteiger partial charge in [0.1, 0.15) is 5.60 Å². The summed E-state index contributed by atoms with van der Waals surface area (Å²) in [6.45, 7) is -11.0. The number of hydrogen-bond donors (Lipinski definition) is 2. The molecule has 18 heavy (non-hydrogen) atoms. The van der Waals surface area contributed by atoms with Crippen LogP contribution < -0.4 is 0 Å². The number of rotatable bonds is 1. The van der Waals surface area contributed by atoms with Crippen molar-refractivity contribution >= 4 is 5.78 Å². The molecule has 3 aliphatic carbocycles. The molecule has 96 valence electrons. The summed E-state index contributed by atoms with van der Waals surface area (Å²) in [5.41, 5.74) is -10.2. The molecule has 0 saturated heterocycles. The summed E-state index contributed by atoms with van der Waals surface area (Å²) in [6, 6.07) is -1.01. The van der Waals surface area contributed by atoms with Crippen molar-refractivity contribution in [3.63, 3.8) is 0 Å². The van der Waals surface area contributed by atoms with E-state index in [1.165, 1.54) is 0 Å². The molecule has 0 aromatic heterocycles. The van der Waals surface area contributed by atoms with E-state index in [-0.39, 0.29) is 0 Å². The lowest BCUT2D eigenvalue weighted by Gasteiger charge is -2.39. The lowest BCUT2D eigenvalue weighted by atomic mass is 9.67. The van der Waals surface area contributed by atoms with Crippen molar-refractivity contribution in [2.24, 2.45) is 5.41 Å². The Balaban J connectivity index is 2.60. The Morgan fingerprint density at radius 3 is 2.89 bits per heavy atom. The summed E-state index contributed by atoms with van der Waals surface area (Å²) in [4.78, 5) is 13.3. The maximum atomic E-state index is 13.3. The fraction of sp³-hybridized carbons (Fsp3) is 0.533. The van der Waals surface area contributed by atoms with E-state index in [1.54, 1.807) is 0 Å². The number of aliphatic hydroxyl groups is 2. The van der Waals surface area contributed by atoms with E-state index in [0.717, 1.165) is 0 Å². The zero-order valence-corrected chi connectivity index (χ0v) is 9.22. The quantitative estimate of drug-likeness (QED) is 0.762. The summed E-state index contributed by atoms with van der Waals surface area (Å²) in [6.07, 6.45) is -3.44. The molecule has 0 amide bonds. The third kappa shape index (κ3) is 1.09. The van der Waals surface area contributed by atoms with E-state index in [2.05, 4.69) is 0 Å². The number of hydrogen-bond acceptors (Lipinski definition) is 3. The first-order valence-corrected chi connectivity index (χ1v) is 5.30. The molecule has 2 N–H and O–H groups in total. The molecule has 1 unspecified atom stereocenters. The van der Waals surface area contributed by atoms with E-state index in [0.29, 0.717) is 0 Å². The van der Waals surface area contributed by atoms with Crippen molar-refractivity contribution in [3.05, 3.63) is 33.9 Å². The molecule has 0 aromatic carbocycles. The smallest absolute Gasteiger partial charge is 0.195 e. The second-order valence-corrected chi connectivity index (χ2v) is 4.56. The van der Waals surface area contributed by atoms with Crippen LogP contribution in [0.4, 0.5) is 0 Å². The van der Waals surface area contributed by atoms with Gasteiger partial charge in [0, 0.05) is 26.1 Å². The lowest BCUT2D eigenvalue weighted by molar-refractivity contribution is -0.137. The summed E-state index contributed by atoms with van der Waals surface area (Å²) in [5.74, 6) is -1.65.